The molecule has 0 spiro atoms. The minimum atomic E-state index is 0. The molecular weight excluding hydrogens is 376 g/mol. The van der Waals surface area contributed by atoms with Crippen LogP contribution in [0.2, 0.25) is 0 Å². The first-order valence-electron chi connectivity index (χ1n) is 7.84. The third kappa shape index (κ3) is 4.46. The standard InChI is InChI=1S/C18H21BrN2O.ClH/c1-12(16-3-2-8-20-11-16)21-18(22)15-5-4-14-10-17(19)7-6-13(14)9-15;/h4-7,9-10,12,16,20H,2-3,8,11H2,1H3,(H,21,22);1H. The Bertz CT molecular complexity index is 686. The van der Waals surface area contributed by atoms with Gasteiger partial charge in [-0.15, -0.1) is 12.4 Å². The van der Waals surface area contributed by atoms with Crippen molar-refractivity contribution in [1.82, 2.24) is 10.6 Å². The highest BCUT2D eigenvalue weighted by Crippen LogP contribution is 2.21. The Hall–Kier alpha value is -1.10. The van der Waals surface area contributed by atoms with E-state index in [9.17, 15) is 4.79 Å². The van der Waals surface area contributed by atoms with E-state index in [1.54, 1.807) is 0 Å². The Morgan fingerprint density at radius 3 is 2.74 bits per heavy atom. The van der Waals surface area contributed by atoms with Crippen molar-refractivity contribution < 1.29 is 4.79 Å². The molecule has 3 rings (SSSR count). The molecule has 2 aromatic carbocycles. The van der Waals surface area contributed by atoms with E-state index in [0.29, 0.717) is 5.92 Å². The molecule has 2 unspecified atom stereocenters. The van der Waals surface area contributed by atoms with Gasteiger partial charge in [0.05, 0.1) is 0 Å². The topological polar surface area (TPSA) is 41.1 Å². The van der Waals surface area contributed by atoms with Crippen molar-refractivity contribution in [2.45, 2.75) is 25.8 Å². The van der Waals surface area contributed by atoms with Crippen LogP contribution < -0.4 is 10.6 Å². The highest BCUT2D eigenvalue weighted by Gasteiger charge is 2.21. The largest absolute Gasteiger partial charge is 0.349 e. The van der Waals surface area contributed by atoms with Gasteiger partial charge >= 0.3 is 0 Å². The zero-order valence-corrected chi connectivity index (χ0v) is 15.5. The fourth-order valence-electron chi connectivity index (χ4n) is 3.07. The van der Waals surface area contributed by atoms with Gasteiger partial charge in [-0.2, -0.15) is 0 Å². The van der Waals surface area contributed by atoms with Crippen LogP contribution in [0.3, 0.4) is 0 Å². The number of rotatable bonds is 3. The van der Waals surface area contributed by atoms with Gasteiger partial charge < -0.3 is 10.6 Å². The lowest BCUT2D eigenvalue weighted by atomic mass is 9.92. The molecule has 0 aliphatic carbocycles. The number of halogens is 2. The monoisotopic (exact) mass is 396 g/mol. The summed E-state index contributed by atoms with van der Waals surface area (Å²) < 4.78 is 1.05. The first-order valence-corrected chi connectivity index (χ1v) is 8.64. The van der Waals surface area contributed by atoms with Gasteiger partial charge in [0.2, 0.25) is 0 Å². The fraction of sp³-hybridized carbons (Fsp3) is 0.389. The maximum absolute atomic E-state index is 12.5. The quantitative estimate of drug-likeness (QED) is 0.817. The van der Waals surface area contributed by atoms with E-state index < -0.39 is 0 Å². The van der Waals surface area contributed by atoms with Gasteiger partial charge in [-0.1, -0.05) is 28.1 Å². The maximum atomic E-state index is 12.5. The van der Waals surface area contributed by atoms with Crippen LogP contribution in [0.25, 0.3) is 10.8 Å². The van der Waals surface area contributed by atoms with Crippen LogP contribution in [-0.2, 0) is 0 Å². The average Bonchev–Trinajstić information content (AvgIpc) is 2.55. The van der Waals surface area contributed by atoms with E-state index >= 15 is 0 Å². The number of hydrogen-bond acceptors (Lipinski definition) is 2. The Balaban J connectivity index is 0.00000192. The van der Waals surface area contributed by atoms with Crippen molar-refractivity contribution in [2.75, 3.05) is 13.1 Å². The van der Waals surface area contributed by atoms with E-state index in [1.807, 2.05) is 30.3 Å². The molecule has 0 radical (unpaired) electrons. The van der Waals surface area contributed by atoms with E-state index in [4.69, 9.17) is 0 Å². The number of piperidine rings is 1. The van der Waals surface area contributed by atoms with Gasteiger partial charge in [-0.05, 0) is 73.8 Å². The Morgan fingerprint density at radius 2 is 2.00 bits per heavy atom. The first kappa shape index (κ1) is 18.2. The van der Waals surface area contributed by atoms with Gasteiger partial charge in [0.15, 0.2) is 0 Å². The lowest BCUT2D eigenvalue weighted by Gasteiger charge is -2.29. The van der Waals surface area contributed by atoms with Crippen LogP contribution >= 0.6 is 28.3 Å². The number of carbonyl (C=O) groups is 1. The number of nitrogens with one attached hydrogen (secondary N) is 2. The minimum Gasteiger partial charge on any atom is -0.349 e. The smallest absolute Gasteiger partial charge is 0.251 e. The first-order chi connectivity index (χ1) is 10.6. The number of benzene rings is 2. The normalized spacial score (nSPS) is 19.0. The molecular formula is C18H22BrClN2O. The molecule has 1 heterocycles. The summed E-state index contributed by atoms with van der Waals surface area (Å²) in [5.41, 5.74) is 0.727. The number of amides is 1. The second-order valence-electron chi connectivity index (χ2n) is 6.07. The lowest BCUT2D eigenvalue weighted by molar-refractivity contribution is 0.0922. The maximum Gasteiger partial charge on any atom is 0.251 e. The second kappa shape index (κ2) is 8.13. The molecule has 1 saturated heterocycles. The predicted octanol–water partition coefficient (Wildman–Crippen LogP) is 4.14. The SMILES string of the molecule is CC(NC(=O)c1ccc2cc(Br)ccc2c1)C1CCCNC1.Cl. The third-order valence-corrected chi connectivity index (χ3v) is 4.96. The molecule has 2 aromatic rings. The van der Waals surface area contributed by atoms with Crippen molar-refractivity contribution in [1.29, 1.82) is 0 Å². The van der Waals surface area contributed by atoms with Gasteiger partial charge in [0, 0.05) is 16.1 Å². The summed E-state index contributed by atoms with van der Waals surface area (Å²) in [6.45, 7) is 4.19. The fourth-order valence-corrected chi connectivity index (χ4v) is 3.45. The molecule has 23 heavy (non-hydrogen) atoms. The summed E-state index contributed by atoms with van der Waals surface area (Å²) >= 11 is 3.47. The summed E-state index contributed by atoms with van der Waals surface area (Å²) in [6, 6.07) is 12.2. The average molecular weight is 398 g/mol. The Labute approximate surface area is 151 Å². The molecule has 0 aromatic heterocycles. The molecule has 5 heteroatoms. The molecule has 0 bridgehead atoms. The van der Waals surface area contributed by atoms with Crippen LogP contribution in [-0.4, -0.2) is 25.0 Å². The summed E-state index contributed by atoms with van der Waals surface area (Å²) in [5.74, 6) is 0.539. The van der Waals surface area contributed by atoms with Gasteiger partial charge in [0.1, 0.15) is 0 Å². The van der Waals surface area contributed by atoms with Crippen molar-refractivity contribution in [2.24, 2.45) is 5.92 Å². The molecule has 2 atom stereocenters. The summed E-state index contributed by atoms with van der Waals surface area (Å²) in [5, 5.41) is 8.78. The third-order valence-electron chi connectivity index (χ3n) is 4.47. The van der Waals surface area contributed by atoms with E-state index in [2.05, 4.69) is 39.6 Å². The van der Waals surface area contributed by atoms with Crippen LogP contribution in [0.1, 0.15) is 30.1 Å². The zero-order valence-electron chi connectivity index (χ0n) is 13.1. The Kier molecular flexibility index (Phi) is 6.45. The number of carbonyl (C=O) groups excluding carboxylic acids is 1. The van der Waals surface area contributed by atoms with Gasteiger partial charge in [-0.3, -0.25) is 4.79 Å². The van der Waals surface area contributed by atoms with Crippen molar-refractivity contribution >= 4 is 45.0 Å². The lowest BCUT2D eigenvalue weighted by Crippen LogP contribution is -2.44. The molecule has 1 aliphatic rings. The van der Waals surface area contributed by atoms with Crippen LogP contribution in [0, 0.1) is 5.92 Å². The van der Waals surface area contributed by atoms with E-state index in [0.717, 1.165) is 33.9 Å². The second-order valence-corrected chi connectivity index (χ2v) is 6.99. The summed E-state index contributed by atoms with van der Waals surface area (Å²) in [7, 11) is 0. The highest BCUT2D eigenvalue weighted by molar-refractivity contribution is 9.10. The Morgan fingerprint density at radius 1 is 1.26 bits per heavy atom. The molecule has 3 nitrogen and oxygen atoms in total. The van der Waals surface area contributed by atoms with Gasteiger partial charge in [-0.25, -0.2) is 0 Å². The van der Waals surface area contributed by atoms with E-state index in [1.165, 1.54) is 12.8 Å². The predicted molar refractivity (Wildman–Crippen MR) is 101 cm³/mol. The molecule has 124 valence electrons. The summed E-state index contributed by atoms with van der Waals surface area (Å²) in [6.07, 6.45) is 2.37. The molecule has 2 N–H and O–H groups in total. The van der Waals surface area contributed by atoms with Gasteiger partial charge in [0.25, 0.3) is 5.91 Å². The van der Waals surface area contributed by atoms with Crippen LogP contribution in [0.15, 0.2) is 40.9 Å². The van der Waals surface area contributed by atoms with Crippen LogP contribution in [0.4, 0.5) is 0 Å². The van der Waals surface area contributed by atoms with Crippen LogP contribution in [0.5, 0.6) is 0 Å². The van der Waals surface area contributed by atoms with E-state index in [-0.39, 0.29) is 24.4 Å². The summed E-state index contributed by atoms with van der Waals surface area (Å²) in [4.78, 5) is 12.5. The highest BCUT2D eigenvalue weighted by atomic mass is 79.9. The number of hydrogen-bond donors (Lipinski definition) is 2. The number of fused-ring (bicyclic) bond motifs is 1. The minimum absolute atomic E-state index is 0. The molecule has 1 fully saturated rings. The molecule has 0 saturated carbocycles. The van der Waals surface area contributed by atoms with Crippen molar-refractivity contribution in [3.63, 3.8) is 0 Å². The molecule has 1 amide bonds. The molecule has 1 aliphatic heterocycles. The van der Waals surface area contributed by atoms with Crippen molar-refractivity contribution in [3.8, 4) is 0 Å². The zero-order chi connectivity index (χ0) is 15.5. The van der Waals surface area contributed by atoms with Crippen molar-refractivity contribution in [3.05, 3.63) is 46.4 Å².